The molecule has 0 bridgehead atoms. The van der Waals surface area contributed by atoms with E-state index in [0.717, 1.165) is 15.5 Å². The van der Waals surface area contributed by atoms with E-state index in [1.807, 2.05) is 36.4 Å². The Bertz CT molecular complexity index is 569. The van der Waals surface area contributed by atoms with Crippen LogP contribution in [-0.4, -0.2) is 19.7 Å². The van der Waals surface area contributed by atoms with Crippen LogP contribution in [0, 0.1) is 0 Å². The minimum Gasteiger partial charge on any atom is -0.497 e. The predicted molar refractivity (Wildman–Crippen MR) is 78.2 cm³/mol. The Morgan fingerprint density at radius 3 is 2.15 bits per heavy atom. The summed E-state index contributed by atoms with van der Waals surface area (Å²) in [6.07, 6.45) is 0. The van der Waals surface area contributed by atoms with E-state index >= 15 is 0 Å². The van der Waals surface area contributed by atoms with Crippen molar-refractivity contribution in [2.45, 2.75) is 9.79 Å². The van der Waals surface area contributed by atoms with Gasteiger partial charge in [-0.15, -0.1) is 0 Å². The maximum absolute atomic E-state index is 12.1. The number of hydrogen-bond acceptors (Lipinski definition) is 3. The van der Waals surface area contributed by atoms with Crippen LogP contribution in [0.3, 0.4) is 0 Å². The molecule has 0 heterocycles. The van der Waals surface area contributed by atoms with Crippen molar-refractivity contribution >= 4 is 23.4 Å². The van der Waals surface area contributed by atoms with Crippen LogP contribution in [0.5, 0.6) is 5.75 Å². The van der Waals surface area contributed by atoms with Crippen LogP contribution < -0.4 is 10.1 Å². The highest BCUT2D eigenvalue weighted by molar-refractivity contribution is 7.99. The molecule has 2 aromatic rings. The summed E-state index contributed by atoms with van der Waals surface area (Å²) in [7, 11) is 1.63. The van der Waals surface area contributed by atoms with E-state index in [2.05, 4.69) is 5.32 Å². The fourth-order valence-corrected chi connectivity index (χ4v) is 2.40. The van der Waals surface area contributed by atoms with Gasteiger partial charge in [0.05, 0.1) is 7.11 Å². The van der Waals surface area contributed by atoms with Gasteiger partial charge in [-0.3, -0.25) is 4.79 Å². The zero-order chi connectivity index (χ0) is 14.4. The van der Waals surface area contributed by atoms with Gasteiger partial charge < -0.3 is 10.1 Å². The molecule has 5 heteroatoms. The molecule has 1 amide bonds. The van der Waals surface area contributed by atoms with Crippen LogP contribution in [0.15, 0.2) is 58.3 Å². The van der Waals surface area contributed by atoms with Gasteiger partial charge >= 0.3 is 0 Å². The van der Waals surface area contributed by atoms with E-state index < -0.39 is 12.6 Å². The molecule has 0 aliphatic rings. The Labute approximate surface area is 121 Å². The first-order valence-corrected chi connectivity index (χ1v) is 6.80. The standard InChI is InChI=1S/C15H14FNO2S/c1-19-12-4-8-14(9-5-12)20-13-6-2-11(3-7-13)17-15(18)10-16/h2-9H,10H2,1H3,(H,17,18). The molecule has 0 fully saturated rings. The molecular formula is C15H14FNO2S. The van der Waals surface area contributed by atoms with Gasteiger partial charge in [-0.25, -0.2) is 4.39 Å². The molecule has 0 aliphatic heterocycles. The number of nitrogens with one attached hydrogen (secondary N) is 1. The first kappa shape index (κ1) is 14.4. The second kappa shape index (κ2) is 6.96. The summed E-state index contributed by atoms with van der Waals surface area (Å²) in [6, 6.07) is 15.0. The number of amides is 1. The average molecular weight is 291 g/mol. The number of carbonyl (C=O) groups is 1. The number of benzene rings is 2. The Morgan fingerprint density at radius 2 is 1.65 bits per heavy atom. The number of ether oxygens (including phenoxy) is 1. The van der Waals surface area contributed by atoms with Gasteiger partial charge in [-0.2, -0.15) is 0 Å². The molecule has 104 valence electrons. The normalized spacial score (nSPS) is 10.1. The van der Waals surface area contributed by atoms with Crippen molar-refractivity contribution in [1.29, 1.82) is 0 Å². The smallest absolute Gasteiger partial charge is 0.255 e. The SMILES string of the molecule is COc1ccc(Sc2ccc(NC(=O)CF)cc2)cc1. The Balaban J connectivity index is 2.00. The molecule has 2 aromatic carbocycles. The number of methoxy groups -OCH3 is 1. The summed E-state index contributed by atoms with van der Waals surface area (Å²) in [5, 5.41) is 2.46. The van der Waals surface area contributed by atoms with Crippen LogP contribution in [0.2, 0.25) is 0 Å². The fraction of sp³-hybridized carbons (Fsp3) is 0.133. The molecule has 0 saturated heterocycles. The first-order chi connectivity index (χ1) is 9.71. The van der Waals surface area contributed by atoms with Crippen molar-refractivity contribution in [1.82, 2.24) is 0 Å². The first-order valence-electron chi connectivity index (χ1n) is 5.99. The number of rotatable bonds is 5. The molecule has 0 atom stereocenters. The summed E-state index contributed by atoms with van der Waals surface area (Å²) >= 11 is 1.60. The van der Waals surface area contributed by atoms with E-state index in [0.29, 0.717) is 5.69 Å². The highest BCUT2D eigenvalue weighted by Gasteiger charge is 2.02. The maximum atomic E-state index is 12.1. The number of carbonyl (C=O) groups excluding carboxylic acids is 1. The van der Waals surface area contributed by atoms with Gasteiger partial charge in [-0.1, -0.05) is 11.8 Å². The van der Waals surface area contributed by atoms with Crippen molar-refractivity contribution in [2.24, 2.45) is 0 Å². The lowest BCUT2D eigenvalue weighted by molar-refractivity contribution is -0.117. The van der Waals surface area contributed by atoms with Crippen LogP contribution in [-0.2, 0) is 4.79 Å². The van der Waals surface area contributed by atoms with Crippen LogP contribution in [0.1, 0.15) is 0 Å². The van der Waals surface area contributed by atoms with Gasteiger partial charge in [-0.05, 0) is 48.5 Å². The largest absolute Gasteiger partial charge is 0.497 e. The van der Waals surface area contributed by atoms with Crippen molar-refractivity contribution in [3.8, 4) is 5.75 Å². The number of alkyl halides is 1. The van der Waals surface area contributed by atoms with Crippen LogP contribution in [0.4, 0.5) is 10.1 Å². The second-order valence-corrected chi connectivity index (χ2v) is 5.13. The molecule has 0 spiro atoms. The minimum absolute atomic E-state index is 0.590. The Hall–Kier alpha value is -2.01. The molecular weight excluding hydrogens is 277 g/mol. The van der Waals surface area contributed by atoms with Crippen LogP contribution >= 0.6 is 11.8 Å². The van der Waals surface area contributed by atoms with Crippen molar-refractivity contribution < 1.29 is 13.9 Å². The molecule has 20 heavy (non-hydrogen) atoms. The molecule has 0 aliphatic carbocycles. The highest BCUT2D eigenvalue weighted by atomic mass is 32.2. The predicted octanol–water partition coefficient (Wildman–Crippen LogP) is 3.75. The zero-order valence-electron chi connectivity index (χ0n) is 10.9. The van der Waals surface area contributed by atoms with E-state index in [1.165, 1.54) is 0 Å². The fourth-order valence-electron chi connectivity index (χ4n) is 1.58. The third-order valence-corrected chi connectivity index (χ3v) is 3.57. The molecule has 0 saturated carbocycles. The van der Waals surface area contributed by atoms with E-state index in [4.69, 9.17) is 4.74 Å². The number of anilines is 1. The number of hydrogen-bond donors (Lipinski definition) is 1. The molecule has 1 N–H and O–H groups in total. The third kappa shape index (κ3) is 3.99. The Kier molecular flexibility index (Phi) is 5.01. The maximum Gasteiger partial charge on any atom is 0.255 e. The van der Waals surface area contributed by atoms with Crippen molar-refractivity contribution in [3.63, 3.8) is 0 Å². The van der Waals surface area contributed by atoms with Gasteiger partial charge in [0.1, 0.15) is 5.75 Å². The summed E-state index contributed by atoms with van der Waals surface area (Å²) < 4.78 is 17.2. The van der Waals surface area contributed by atoms with Crippen molar-refractivity contribution in [2.75, 3.05) is 19.1 Å². The monoisotopic (exact) mass is 291 g/mol. The molecule has 0 aromatic heterocycles. The lowest BCUT2D eigenvalue weighted by Crippen LogP contribution is -2.12. The summed E-state index contributed by atoms with van der Waals surface area (Å²) in [5.41, 5.74) is 0.590. The molecule has 0 radical (unpaired) electrons. The summed E-state index contributed by atoms with van der Waals surface area (Å²) in [4.78, 5) is 13.0. The van der Waals surface area contributed by atoms with Gasteiger partial charge in [0.15, 0.2) is 6.67 Å². The zero-order valence-corrected chi connectivity index (χ0v) is 11.7. The minimum atomic E-state index is -1.01. The van der Waals surface area contributed by atoms with Crippen molar-refractivity contribution in [3.05, 3.63) is 48.5 Å². The van der Waals surface area contributed by atoms with Gasteiger partial charge in [0.25, 0.3) is 5.91 Å². The topological polar surface area (TPSA) is 38.3 Å². The lowest BCUT2D eigenvalue weighted by Gasteiger charge is -2.06. The van der Waals surface area contributed by atoms with E-state index in [1.54, 1.807) is 31.0 Å². The quantitative estimate of drug-likeness (QED) is 0.911. The van der Waals surface area contributed by atoms with E-state index in [9.17, 15) is 9.18 Å². The second-order valence-electron chi connectivity index (χ2n) is 3.98. The van der Waals surface area contributed by atoms with E-state index in [-0.39, 0.29) is 0 Å². The molecule has 2 rings (SSSR count). The highest BCUT2D eigenvalue weighted by Crippen LogP contribution is 2.29. The third-order valence-electron chi connectivity index (χ3n) is 2.55. The molecule has 0 unspecified atom stereocenters. The average Bonchev–Trinajstić information content (AvgIpc) is 2.50. The summed E-state index contributed by atoms with van der Waals surface area (Å²) in [5.74, 6) is 0.180. The Morgan fingerprint density at radius 1 is 1.10 bits per heavy atom. The molecule has 3 nitrogen and oxygen atoms in total. The van der Waals surface area contributed by atoms with Gasteiger partial charge in [0.2, 0.25) is 0 Å². The number of halogens is 1. The van der Waals surface area contributed by atoms with Gasteiger partial charge in [0, 0.05) is 15.5 Å². The lowest BCUT2D eigenvalue weighted by atomic mass is 10.3. The summed E-state index contributed by atoms with van der Waals surface area (Å²) in [6.45, 7) is -1.01. The van der Waals surface area contributed by atoms with Crippen LogP contribution in [0.25, 0.3) is 0 Å².